The van der Waals surface area contributed by atoms with E-state index in [9.17, 15) is 9.59 Å². The summed E-state index contributed by atoms with van der Waals surface area (Å²) in [6.45, 7) is 0. The second-order valence-corrected chi connectivity index (χ2v) is 7.88. The molecule has 0 aliphatic carbocycles. The van der Waals surface area contributed by atoms with Gasteiger partial charge in [-0.3, -0.25) is 14.9 Å². The first-order valence-corrected chi connectivity index (χ1v) is 9.98. The van der Waals surface area contributed by atoms with Gasteiger partial charge in [0.1, 0.15) is 11.5 Å². The van der Waals surface area contributed by atoms with Gasteiger partial charge in [-0.2, -0.15) is 0 Å². The molecule has 3 atom stereocenters. The predicted molar refractivity (Wildman–Crippen MR) is 108 cm³/mol. The highest BCUT2D eigenvalue weighted by atomic mass is 35.5. The Balaban J connectivity index is 1.56. The van der Waals surface area contributed by atoms with Crippen molar-refractivity contribution in [2.75, 3.05) is 0 Å². The molecule has 1 fully saturated rings. The number of halogens is 2. The predicted octanol–water partition coefficient (Wildman–Crippen LogP) is 2.31. The first-order chi connectivity index (χ1) is 12.9. The van der Waals surface area contributed by atoms with Crippen LogP contribution in [0.3, 0.4) is 0 Å². The molecule has 0 bridgehead atoms. The third-order valence-electron chi connectivity index (χ3n) is 4.02. The zero-order valence-electron chi connectivity index (χ0n) is 14.1. The molecule has 0 radical (unpaired) electrons. The zero-order valence-corrected chi connectivity index (χ0v) is 16.4. The number of thioether (sulfide) groups is 1. The van der Waals surface area contributed by atoms with Gasteiger partial charge in [-0.25, -0.2) is 0 Å². The summed E-state index contributed by atoms with van der Waals surface area (Å²) >= 11 is 13.4. The van der Waals surface area contributed by atoms with Crippen molar-refractivity contribution in [3.05, 3.63) is 69.7 Å². The van der Waals surface area contributed by atoms with Crippen molar-refractivity contribution < 1.29 is 9.59 Å². The van der Waals surface area contributed by atoms with Crippen molar-refractivity contribution in [1.82, 2.24) is 16.0 Å². The molecule has 1 heterocycles. The molecular weight excluding hydrogens is 407 g/mol. The third kappa shape index (κ3) is 5.15. The van der Waals surface area contributed by atoms with Crippen molar-refractivity contribution in [2.24, 2.45) is 5.73 Å². The fourth-order valence-electron chi connectivity index (χ4n) is 2.55. The summed E-state index contributed by atoms with van der Waals surface area (Å²) in [4.78, 5) is 24.7. The lowest BCUT2D eigenvalue weighted by Gasteiger charge is -2.35. The second-order valence-electron chi connectivity index (χ2n) is 5.94. The Labute approximate surface area is 171 Å². The first-order valence-electron chi connectivity index (χ1n) is 8.17. The molecule has 142 valence electrons. The molecule has 2 amide bonds. The molecule has 1 saturated heterocycles. The number of nitrogens with one attached hydrogen (secondary N) is 3. The lowest BCUT2D eigenvalue weighted by Crippen LogP contribution is -2.70. The number of rotatable bonds is 5. The molecule has 2 aromatic rings. The largest absolute Gasteiger partial charge is 0.338 e. The minimum atomic E-state index is -0.884. The zero-order chi connectivity index (χ0) is 19.4. The monoisotopic (exact) mass is 424 g/mol. The molecule has 1 aliphatic rings. The van der Waals surface area contributed by atoms with E-state index < -0.39 is 18.1 Å². The normalized spacial score (nSPS) is 22.2. The highest BCUT2D eigenvalue weighted by Gasteiger charge is 2.35. The summed E-state index contributed by atoms with van der Waals surface area (Å²) in [7, 11) is 0. The Bertz CT molecular complexity index is 834. The van der Waals surface area contributed by atoms with E-state index in [0.29, 0.717) is 21.4 Å². The lowest BCUT2D eigenvalue weighted by atomic mass is 10.1. The van der Waals surface area contributed by atoms with Crippen molar-refractivity contribution in [2.45, 2.75) is 23.5 Å². The molecular formula is C18H18Cl2N4O2S. The van der Waals surface area contributed by atoms with Crippen molar-refractivity contribution in [1.29, 1.82) is 0 Å². The van der Waals surface area contributed by atoms with E-state index >= 15 is 0 Å². The van der Waals surface area contributed by atoms with E-state index in [-0.39, 0.29) is 11.4 Å². The number of carbonyl (C=O) groups excluding carboxylic acids is 2. The quantitative estimate of drug-likeness (QED) is 0.590. The van der Waals surface area contributed by atoms with Crippen LogP contribution in [0.5, 0.6) is 0 Å². The van der Waals surface area contributed by atoms with Gasteiger partial charge in [0.25, 0.3) is 5.91 Å². The van der Waals surface area contributed by atoms with Gasteiger partial charge in [-0.15, -0.1) is 11.8 Å². The Hall–Kier alpha value is -1.77. The molecule has 6 nitrogen and oxygen atoms in total. The third-order valence-corrected chi connectivity index (χ3v) is 5.70. The molecule has 0 spiro atoms. The summed E-state index contributed by atoms with van der Waals surface area (Å²) in [5.74, 6) is -0.141. The molecule has 0 aromatic heterocycles. The van der Waals surface area contributed by atoms with E-state index in [4.69, 9.17) is 28.9 Å². The molecule has 5 N–H and O–H groups in total. The Morgan fingerprint density at radius 3 is 2.52 bits per heavy atom. The van der Waals surface area contributed by atoms with E-state index in [1.165, 1.54) is 11.8 Å². The van der Waals surface area contributed by atoms with E-state index in [1.54, 1.807) is 24.3 Å². The number of amides is 2. The summed E-state index contributed by atoms with van der Waals surface area (Å²) in [5, 5.41) is 9.73. The van der Waals surface area contributed by atoms with Crippen LogP contribution in [0, 0.1) is 0 Å². The molecule has 3 rings (SSSR count). The van der Waals surface area contributed by atoms with Gasteiger partial charge in [0.2, 0.25) is 5.91 Å². The van der Waals surface area contributed by atoms with Crippen molar-refractivity contribution in [3.8, 4) is 0 Å². The van der Waals surface area contributed by atoms with Crippen LogP contribution < -0.4 is 21.7 Å². The first kappa shape index (κ1) is 20.0. The summed E-state index contributed by atoms with van der Waals surface area (Å²) in [6, 6.07) is 13.0. The number of nitrogens with two attached hydrogens (primary N) is 1. The summed E-state index contributed by atoms with van der Waals surface area (Å²) in [6.07, 6.45) is -0.723. The maximum absolute atomic E-state index is 12.4. The number of hydrogen-bond acceptors (Lipinski definition) is 5. The van der Waals surface area contributed by atoms with Crippen LogP contribution >= 0.6 is 35.0 Å². The van der Waals surface area contributed by atoms with Gasteiger partial charge in [0.15, 0.2) is 0 Å². The van der Waals surface area contributed by atoms with Gasteiger partial charge in [0, 0.05) is 21.4 Å². The Morgan fingerprint density at radius 1 is 1.15 bits per heavy atom. The minimum Gasteiger partial charge on any atom is -0.338 e. The maximum atomic E-state index is 12.4. The van der Waals surface area contributed by atoms with Crippen LogP contribution in [0.15, 0.2) is 48.5 Å². The standard InChI is InChI=1S/C18H18Cl2N4O2S/c19-12-7-5-10(6-8-12)16(25)22-14-15(21)23-18(24-17(14)26)27-9-11-3-1-2-4-13(11)20/h1-8,14-15,18,23H,9,21H2,(H,22,25)(H,24,26). The fourth-order valence-corrected chi connectivity index (χ4v) is 4.01. The highest BCUT2D eigenvalue weighted by Crippen LogP contribution is 2.23. The van der Waals surface area contributed by atoms with Crippen LogP contribution in [0.1, 0.15) is 15.9 Å². The van der Waals surface area contributed by atoms with Gasteiger partial charge >= 0.3 is 0 Å². The fraction of sp³-hybridized carbons (Fsp3) is 0.222. The summed E-state index contributed by atoms with van der Waals surface area (Å²) < 4.78 is 0. The van der Waals surface area contributed by atoms with Gasteiger partial charge in [0.05, 0.1) is 6.17 Å². The number of benzene rings is 2. The van der Waals surface area contributed by atoms with Gasteiger partial charge in [-0.1, -0.05) is 41.4 Å². The Kier molecular flexibility index (Phi) is 6.62. The van der Waals surface area contributed by atoms with E-state index in [1.807, 2.05) is 24.3 Å². The van der Waals surface area contributed by atoms with Crippen LogP contribution in [0.2, 0.25) is 10.0 Å². The average molecular weight is 425 g/mol. The second kappa shape index (κ2) is 8.95. The topological polar surface area (TPSA) is 96.2 Å². The molecule has 9 heteroatoms. The van der Waals surface area contributed by atoms with Crippen molar-refractivity contribution in [3.63, 3.8) is 0 Å². The molecule has 1 aliphatic heterocycles. The van der Waals surface area contributed by atoms with Crippen LogP contribution in [0.4, 0.5) is 0 Å². The highest BCUT2D eigenvalue weighted by molar-refractivity contribution is 7.99. The maximum Gasteiger partial charge on any atom is 0.252 e. The minimum absolute atomic E-state index is 0.347. The smallest absolute Gasteiger partial charge is 0.252 e. The van der Waals surface area contributed by atoms with Crippen molar-refractivity contribution >= 4 is 46.8 Å². The molecule has 3 unspecified atom stereocenters. The molecule has 27 heavy (non-hydrogen) atoms. The lowest BCUT2D eigenvalue weighted by molar-refractivity contribution is -0.125. The van der Waals surface area contributed by atoms with Crippen LogP contribution in [-0.4, -0.2) is 29.5 Å². The number of hydrogen-bond donors (Lipinski definition) is 4. The average Bonchev–Trinajstić information content (AvgIpc) is 2.64. The molecule has 2 aromatic carbocycles. The van der Waals surface area contributed by atoms with E-state index in [2.05, 4.69) is 16.0 Å². The Morgan fingerprint density at radius 2 is 1.85 bits per heavy atom. The molecule has 0 saturated carbocycles. The van der Waals surface area contributed by atoms with Gasteiger partial charge < -0.3 is 16.4 Å². The SMILES string of the molecule is NC1NC(SCc2ccccc2Cl)NC(=O)C1NC(=O)c1ccc(Cl)cc1. The van der Waals surface area contributed by atoms with Gasteiger partial charge in [-0.05, 0) is 35.9 Å². The van der Waals surface area contributed by atoms with Crippen LogP contribution in [0.25, 0.3) is 0 Å². The van der Waals surface area contributed by atoms with E-state index in [0.717, 1.165) is 5.56 Å². The number of carbonyl (C=O) groups is 2. The van der Waals surface area contributed by atoms with Crippen LogP contribution in [-0.2, 0) is 10.5 Å². The summed E-state index contributed by atoms with van der Waals surface area (Å²) in [5.41, 5.74) is 7.04.